The summed E-state index contributed by atoms with van der Waals surface area (Å²) >= 11 is 7.29. The molecule has 5 rings (SSSR count). The molecule has 0 bridgehead atoms. The molecule has 1 aliphatic rings. The SMILES string of the molecule is O=C1c2ccccc2-c2nc3cc(Cl)c4nsnc4c3nc21. The van der Waals surface area contributed by atoms with Crippen molar-refractivity contribution in [3.05, 3.63) is 46.6 Å². The maximum Gasteiger partial charge on any atom is 0.214 e. The molecule has 0 saturated carbocycles. The van der Waals surface area contributed by atoms with Gasteiger partial charge >= 0.3 is 0 Å². The molecule has 0 fully saturated rings. The quantitative estimate of drug-likeness (QED) is 0.436. The monoisotopic (exact) mass is 324 g/mol. The van der Waals surface area contributed by atoms with Gasteiger partial charge in [-0.2, -0.15) is 8.75 Å². The van der Waals surface area contributed by atoms with E-state index >= 15 is 0 Å². The van der Waals surface area contributed by atoms with Crippen molar-refractivity contribution in [2.45, 2.75) is 0 Å². The van der Waals surface area contributed by atoms with Crippen molar-refractivity contribution >= 4 is 51.2 Å². The van der Waals surface area contributed by atoms with Crippen LogP contribution in [0, 0.1) is 0 Å². The topological polar surface area (TPSA) is 68.6 Å². The third-order valence-electron chi connectivity index (χ3n) is 3.77. The Hall–Kier alpha value is -2.44. The predicted octanol–water partition coefficient (Wildman–Crippen LogP) is 3.50. The summed E-state index contributed by atoms with van der Waals surface area (Å²) in [5, 5.41) is 0.489. The Morgan fingerprint density at radius 2 is 1.68 bits per heavy atom. The van der Waals surface area contributed by atoms with Crippen LogP contribution in [0.1, 0.15) is 16.1 Å². The lowest BCUT2D eigenvalue weighted by atomic mass is 10.1. The lowest BCUT2D eigenvalue weighted by Crippen LogP contribution is -2.00. The van der Waals surface area contributed by atoms with Crippen molar-refractivity contribution in [3.63, 3.8) is 0 Å². The van der Waals surface area contributed by atoms with E-state index in [9.17, 15) is 4.79 Å². The molecular formula is C15H5ClN4OS. The number of carbonyl (C=O) groups excluding carboxylic acids is 1. The van der Waals surface area contributed by atoms with Crippen LogP contribution in [0.4, 0.5) is 0 Å². The van der Waals surface area contributed by atoms with Gasteiger partial charge < -0.3 is 0 Å². The number of rotatable bonds is 0. The highest BCUT2D eigenvalue weighted by atomic mass is 35.5. The zero-order valence-electron chi connectivity index (χ0n) is 10.9. The predicted molar refractivity (Wildman–Crippen MR) is 84.4 cm³/mol. The molecule has 1 aliphatic carbocycles. The number of hydrogen-bond donors (Lipinski definition) is 0. The zero-order chi connectivity index (χ0) is 14.8. The minimum absolute atomic E-state index is 0.105. The first-order chi connectivity index (χ1) is 10.7. The first-order valence-electron chi connectivity index (χ1n) is 6.50. The van der Waals surface area contributed by atoms with E-state index in [0.29, 0.717) is 44.0 Å². The molecule has 2 heterocycles. The van der Waals surface area contributed by atoms with Gasteiger partial charge in [0.15, 0.2) is 0 Å². The van der Waals surface area contributed by atoms with Crippen LogP contribution in [0.5, 0.6) is 0 Å². The maximum atomic E-state index is 12.5. The van der Waals surface area contributed by atoms with Crippen LogP contribution in [0.25, 0.3) is 33.3 Å². The second-order valence-electron chi connectivity index (χ2n) is 4.98. The van der Waals surface area contributed by atoms with Crippen LogP contribution in [0.3, 0.4) is 0 Å². The summed E-state index contributed by atoms with van der Waals surface area (Å²) < 4.78 is 8.41. The van der Waals surface area contributed by atoms with Crippen molar-refractivity contribution in [3.8, 4) is 11.3 Å². The molecular weight excluding hydrogens is 320 g/mol. The number of benzene rings is 2. The van der Waals surface area contributed by atoms with E-state index in [-0.39, 0.29) is 5.78 Å². The molecule has 22 heavy (non-hydrogen) atoms. The fourth-order valence-electron chi connectivity index (χ4n) is 2.77. The normalized spacial score (nSPS) is 12.9. The summed E-state index contributed by atoms with van der Waals surface area (Å²) in [7, 11) is 0. The van der Waals surface area contributed by atoms with Gasteiger partial charge in [0.1, 0.15) is 27.9 Å². The van der Waals surface area contributed by atoms with Crippen molar-refractivity contribution in [1.29, 1.82) is 0 Å². The number of halogens is 1. The average molecular weight is 325 g/mol. The van der Waals surface area contributed by atoms with Gasteiger partial charge in [0, 0.05) is 11.1 Å². The van der Waals surface area contributed by atoms with Gasteiger partial charge in [0.25, 0.3) is 0 Å². The van der Waals surface area contributed by atoms with Gasteiger partial charge in [-0.3, -0.25) is 4.79 Å². The van der Waals surface area contributed by atoms with E-state index < -0.39 is 0 Å². The van der Waals surface area contributed by atoms with E-state index in [0.717, 1.165) is 17.3 Å². The largest absolute Gasteiger partial charge is 0.287 e. The maximum absolute atomic E-state index is 12.5. The Morgan fingerprint density at radius 3 is 2.55 bits per heavy atom. The third kappa shape index (κ3) is 1.40. The Kier molecular flexibility index (Phi) is 2.24. The smallest absolute Gasteiger partial charge is 0.214 e. The number of carbonyl (C=O) groups is 1. The molecule has 0 radical (unpaired) electrons. The molecule has 7 heteroatoms. The molecule has 4 aromatic rings. The highest BCUT2D eigenvalue weighted by Crippen LogP contribution is 2.37. The van der Waals surface area contributed by atoms with Crippen LogP contribution in [-0.4, -0.2) is 24.5 Å². The van der Waals surface area contributed by atoms with E-state index in [4.69, 9.17) is 11.6 Å². The molecule has 2 aromatic heterocycles. The van der Waals surface area contributed by atoms with Gasteiger partial charge in [0.05, 0.1) is 22.3 Å². The summed E-state index contributed by atoms with van der Waals surface area (Å²) in [5.74, 6) is -0.105. The Balaban J connectivity index is 1.96. The molecule has 0 amide bonds. The molecule has 5 nitrogen and oxygen atoms in total. The van der Waals surface area contributed by atoms with Crippen molar-refractivity contribution in [2.75, 3.05) is 0 Å². The third-order valence-corrected chi connectivity index (χ3v) is 4.58. The van der Waals surface area contributed by atoms with Gasteiger partial charge in [-0.1, -0.05) is 35.9 Å². The van der Waals surface area contributed by atoms with Crippen LogP contribution in [0.15, 0.2) is 30.3 Å². The molecule has 104 valence electrons. The first kappa shape index (κ1) is 12.1. The van der Waals surface area contributed by atoms with Crippen molar-refractivity contribution in [1.82, 2.24) is 18.7 Å². The van der Waals surface area contributed by atoms with E-state index in [1.807, 2.05) is 18.2 Å². The Bertz CT molecular complexity index is 1120. The van der Waals surface area contributed by atoms with Gasteiger partial charge in [-0.15, -0.1) is 0 Å². The minimum atomic E-state index is -0.105. The molecule has 0 spiro atoms. The van der Waals surface area contributed by atoms with E-state index in [1.54, 1.807) is 12.1 Å². The zero-order valence-corrected chi connectivity index (χ0v) is 12.4. The summed E-state index contributed by atoms with van der Waals surface area (Å²) in [6.45, 7) is 0. The summed E-state index contributed by atoms with van der Waals surface area (Å²) in [5.41, 5.74) is 4.78. The van der Waals surface area contributed by atoms with Gasteiger partial charge in [0.2, 0.25) is 5.78 Å². The van der Waals surface area contributed by atoms with Crippen LogP contribution < -0.4 is 0 Å². The Labute approximate surface area is 132 Å². The van der Waals surface area contributed by atoms with Gasteiger partial charge in [-0.25, -0.2) is 9.97 Å². The van der Waals surface area contributed by atoms with Crippen LogP contribution in [0.2, 0.25) is 5.02 Å². The second-order valence-corrected chi connectivity index (χ2v) is 5.92. The molecule has 2 aromatic carbocycles. The molecule has 0 unspecified atom stereocenters. The highest BCUT2D eigenvalue weighted by molar-refractivity contribution is 7.00. The average Bonchev–Trinajstić information content (AvgIpc) is 3.12. The minimum Gasteiger partial charge on any atom is -0.287 e. The number of nitrogens with zero attached hydrogens (tertiary/aromatic N) is 4. The molecule has 0 aliphatic heterocycles. The number of ketones is 1. The van der Waals surface area contributed by atoms with Gasteiger partial charge in [-0.05, 0) is 6.07 Å². The summed E-state index contributed by atoms with van der Waals surface area (Å²) in [6.07, 6.45) is 0. The molecule has 0 N–H and O–H groups in total. The van der Waals surface area contributed by atoms with Crippen LogP contribution in [-0.2, 0) is 0 Å². The fourth-order valence-corrected chi connectivity index (χ4v) is 3.62. The molecule has 0 saturated heterocycles. The van der Waals surface area contributed by atoms with E-state index in [2.05, 4.69) is 18.7 Å². The highest BCUT2D eigenvalue weighted by Gasteiger charge is 2.30. The molecule has 0 atom stereocenters. The summed E-state index contributed by atoms with van der Waals surface area (Å²) in [4.78, 5) is 21.6. The van der Waals surface area contributed by atoms with Crippen molar-refractivity contribution in [2.24, 2.45) is 0 Å². The second kappa shape index (κ2) is 4.06. The Morgan fingerprint density at radius 1 is 0.909 bits per heavy atom. The fraction of sp³-hybridized carbons (Fsp3) is 0. The summed E-state index contributed by atoms with van der Waals surface area (Å²) in [6, 6.07) is 9.11. The number of aromatic nitrogens is 4. The van der Waals surface area contributed by atoms with Crippen molar-refractivity contribution < 1.29 is 4.79 Å². The number of hydrogen-bond acceptors (Lipinski definition) is 6. The lowest BCUT2D eigenvalue weighted by Gasteiger charge is -2.03. The standard InChI is InChI=1S/C15H5ClN4OS/c16-8-5-9-12(13-11(8)19-22-20-13)18-14-10(17-9)6-3-1-2-4-7(6)15(14)21/h1-5H. The number of fused-ring (bicyclic) bond motifs is 6. The van der Waals surface area contributed by atoms with Crippen LogP contribution >= 0.6 is 23.3 Å². The van der Waals surface area contributed by atoms with E-state index in [1.165, 1.54) is 0 Å². The first-order valence-corrected chi connectivity index (χ1v) is 7.61. The lowest BCUT2D eigenvalue weighted by molar-refractivity contribution is 0.103.